The van der Waals surface area contributed by atoms with Gasteiger partial charge in [0.25, 0.3) is 0 Å². The summed E-state index contributed by atoms with van der Waals surface area (Å²) in [4.78, 5) is 11.5. The van der Waals surface area contributed by atoms with Gasteiger partial charge in [0.05, 0.1) is 23.8 Å². The molecule has 2 aromatic carbocycles. The van der Waals surface area contributed by atoms with Gasteiger partial charge in [0.15, 0.2) is 5.82 Å². The van der Waals surface area contributed by atoms with Crippen LogP contribution in [0.5, 0.6) is 0 Å². The molecule has 3 N–H and O–H groups in total. The summed E-state index contributed by atoms with van der Waals surface area (Å²) >= 11 is 1.04. The molecule has 3 aromatic rings. The molecule has 0 bridgehead atoms. The van der Waals surface area contributed by atoms with Crippen LogP contribution in [0.1, 0.15) is 50.8 Å². The molecule has 1 fully saturated rings. The first-order valence-electron chi connectivity index (χ1n) is 12.7. The fraction of sp³-hybridized carbons (Fsp3) is 0.414. The lowest BCUT2D eigenvalue weighted by molar-refractivity contribution is 0.135. The van der Waals surface area contributed by atoms with Gasteiger partial charge in [0, 0.05) is 47.8 Å². The van der Waals surface area contributed by atoms with Crippen LogP contribution >= 0.6 is 11.8 Å². The van der Waals surface area contributed by atoms with E-state index in [9.17, 15) is 5.26 Å². The van der Waals surface area contributed by atoms with E-state index in [2.05, 4.69) is 44.2 Å². The van der Waals surface area contributed by atoms with Gasteiger partial charge in [-0.05, 0) is 41.5 Å². The van der Waals surface area contributed by atoms with E-state index < -0.39 is 11.6 Å². The average Bonchev–Trinajstić information content (AvgIpc) is 3.56. The highest BCUT2D eigenvalue weighted by Gasteiger charge is 2.30. The second-order valence-electron chi connectivity index (χ2n) is 10.1. The molecule has 7 nitrogen and oxygen atoms in total. The molecule has 10 heteroatoms. The van der Waals surface area contributed by atoms with Crippen molar-refractivity contribution in [3.63, 3.8) is 0 Å². The molecular formula is C29H35F2N5O2S. The number of thioether (sulfide) groups is 1. The second-order valence-corrected chi connectivity index (χ2v) is 11.3. The van der Waals surface area contributed by atoms with E-state index in [-0.39, 0.29) is 40.4 Å². The van der Waals surface area contributed by atoms with Crippen LogP contribution in [0.4, 0.5) is 14.7 Å². The Hall–Kier alpha value is -3.26. The molecule has 2 aliphatic heterocycles. The number of aliphatic hydroxyl groups is 1. The van der Waals surface area contributed by atoms with Crippen LogP contribution < -0.4 is 10.6 Å². The highest BCUT2D eigenvalue weighted by atomic mass is 32.2. The number of rotatable bonds is 4. The Kier molecular flexibility index (Phi) is 10.2. The zero-order valence-electron chi connectivity index (χ0n) is 23.0. The molecule has 1 atom stereocenters. The first kappa shape index (κ1) is 30.3. The Bertz CT molecular complexity index is 1400. The Morgan fingerprint density at radius 1 is 1.23 bits per heavy atom. The van der Waals surface area contributed by atoms with Crippen LogP contribution in [-0.4, -0.2) is 35.3 Å². The zero-order valence-corrected chi connectivity index (χ0v) is 23.8. The first-order chi connectivity index (χ1) is 18.6. The van der Waals surface area contributed by atoms with Crippen molar-refractivity contribution in [3.05, 3.63) is 58.3 Å². The van der Waals surface area contributed by atoms with E-state index in [0.29, 0.717) is 33.3 Å². The molecule has 5 rings (SSSR count). The summed E-state index contributed by atoms with van der Waals surface area (Å²) in [6.45, 7) is 14.2. The Labute approximate surface area is 232 Å². The van der Waals surface area contributed by atoms with Gasteiger partial charge in [-0.3, -0.25) is 0 Å². The van der Waals surface area contributed by atoms with Crippen molar-refractivity contribution < 1.29 is 18.6 Å². The molecule has 0 amide bonds. The summed E-state index contributed by atoms with van der Waals surface area (Å²) in [5, 5.41) is 17.7. The Balaban J connectivity index is 0.000000644. The number of benzene rings is 2. The number of nitrogens with two attached hydrogens (primary N) is 1. The fourth-order valence-electron chi connectivity index (χ4n) is 4.57. The molecule has 39 heavy (non-hydrogen) atoms. The number of ether oxygens (including phenoxy) is 1. The van der Waals surface area contributed by atoms with Gasteiger partial charge in [0.2, 0.25) is 5.95 Å². The summed E-state index contributed by atoms with van der Waals surface area (Å²) in [6, 6.07) is 4.69. The van der Waals surface area contributed by atoms with Crippen molar-refractivity contribution in [3.8, 4) is 17.2 Å². The minimum absolute atomic E-state index is 0.00148. The molecule has 0 spiro atoms. The number of nitrogens with zero attached hydrogens (tertiary/aromatic N) is 4. The van der Waals surface area contributed by atoms with Crippen LogP contribution in [0.15, 0.2) is 34.8 Å². The summed E-state index contributed by atoms with van der Waals surface area (Å²) in [5.74, 6) is 0.394. The molecule has 0 aliphatic carbocycles. The van der Waals surface area contributed by atoms with Gasteiger partial charge < -0.3 is 20.5 Å². The maximum Gasteiger partial charge on any atom is 0.225 e. The van der Waals surface area contributed by atoms with Crippen molar-refractivity contribution >= 4 is 28.6 Å². The van der Waals surface area contributed by atoms with Crippen molar-refractivity contribution in [1.82, 2.24) is 9.97 Å². The van der Waals surface area contributed by atoms with Gasteiger partial charge >= 0.3 is 0 Å². The Morgan fingerprint density at radius 2 is 1.90 bits per heavy atom. The molecule has 1 saturated heterocycles. The van der Waals surface area contributed by atoms with E-state index in [1.54, 1.807) is 6.20 Å². The third kappa shape index (κ3) is 6.49. The second kappa shape index (κ2) is 13.2. The van der Waals surface area contributed by atoms with Crippen LogP contribution in [0.3, 0.4) is 0 Å². The minimum Gasteiger partial charge on any atom is -0.400 e. The molecule has 1 aromatic heterocycles. The number of nitriles is 1. The first-order valence-corrected chi connectivity index (χ1v) is 13.6. The molecule has 2 aliphatic rings. The van der Waals surface area contributed by atoms with E-state index in [1.165, 1.54) is 12.1 Å². The molecule has 208 valence electrons. The summed E-state index contributed by atoms with van der Waals surface area (Å²) in [7, 11) is 1.00. The van der Waals surface area contributed by atoms with E-state index in [0.717, 1.165) is 44.3 Å². The van der Waals surface area contributed by atoms with Gasteiger partial charge in [0.1, 0.15) is 17.4 Å². The molecule has 3 heterocycles. The average molecular weight is 556 g/mol. The quantitative estimate of drug-likeness (QED) is 0.371. The van der Waals surface area contributed by atoms with Crippen LogP contribution in [0.2, 0.25) is 0 Å². The number of fused-ring (bicyclic) bond motifs is 3. The third-order valence-electron chi connectivity index (χ3n) is 6.11. The van der Waals surface area contributed by atoms with Crippen molar-refractivity contribution in [2.24, 2.45) is 17.6 Å². The highest BCUT2D eigenvalue weighted by molar-refractivity contribution is 8.03. The van der Waals surface area contributed by atoms with Gasteiger partial charge in [-0.1, -0.05) is 46.0 Å². The maximum absolute atomic E-state index is 16.2. The predicted molar refractivity (Wildman–Crippen MR) is 152 cm³/mol. The van der Waals surface area contributed by atoms with Gasteiger partial charge in [-0.2, -0.15) is 5.26 Å². The number of aliphatic hydroxyl groups excluding tert-OH is 1. The lowest BCUT2D eigenvalue weighted by atomic mass is 9.90. The Morgan fingerprint density at radius 3 is 2.49 bits per heavy atom. The van der Waals surface area contributed by atoms with Crippen LogP contribution in [0, 0.1) is 34.8 Å². The largest absolute Gasteiger partial charge is 0.400 e. The summed E-state index contributed by atoms with van der Waals surface area (Å²) in [6.07, 6.45) is 2.63. The molecular weight excluding hydrogens is 520 g/mol. The highest BCUT2D eigenvalue weighted by Crippen LogP contribution is 2.43. The van der Waals surface area contributed by atoms with Crippen molar-refractivity contribution in [1.29, 1.82) is 5.26 Å². The summed E-state index contributed by atoms with van der Waals surface area (Å²) in [5.41, 5.74) is 6.93. The van der Waals surface area contributed by atoms with Crippen molar-refractivity contribution in [2.45, 2.75) is 52.2 Å². The normalized spacial score (nSPS) is 15.8. The monoisotopic (exact) mass is 555 g/mol. The van der Waals surface area contributed by atoms with E-state index >= 15 is 8.78 Å². The van der Waals surface area contributed by atoms with Gasteiger partial charge in [-0.15, -0.1) is 0 Å². The standard InChI is InChI=1S/C24H21F2N5OS.C4H10.CH4O/c1-12-5-6-31(9-12)24-29-8-15-16-10-32-11-17(16)21(22(26)23(15)30-24)20-14(7-27)19(33-13(2)28)4-3-18(20)25;1-4(2)3;1-2/h3-4,8,12H,2,5-6,9-11,28H2,1H3;4H,1-3H3;2H,1H3. The molecule has 0 radical (unpaired) electrons. The predicted octanol–water partition coefficient (Wildman–Crippen LogP) is 6.12. The smallest absolute Gasteiger partial charge is 0.225 e. The lowest BCUT2D eigenvalue weighted by Gasteiger charge is -2.19. The number of aromatic nitrogens is 2. The van der Waals surface area contributed by atoms with Crippen molar-refractivity contribution in [2.75, 3.05) is 25.1 Å². The van der Waals surface area contributed by atoms with E-state index in [1.807, 2.05) is 11.0 Å². The van der Waals surface area contributed by atoms with Crippen LogP contribution in [0.25, 0.3) is 22.0 Å². The topological polar surface area (TPSA) is 108 Å². The van der Waals surface area contributed by atoms with Gasteiger partial charge in [-0.25, -0.2) is 18.7 Å². The maximum atomic E-state index is 16.2. The number of halogens is 2. The van der Waals surface area contributed by atoms with E-state index in [4.69, 9.17) is 15.6 Å². The number of anilines is 1. The molecule has 0 saturated carbocycles. The summed E-state index contributed by atoms with van der Waals surface area (Å²) < 4.78 is 37.0. The third-order valence-corrected chi connectivity index (χ3v) is 6.94. The SMILES string of the molecule is C=C(N)Sc1ccc(F)c(-c2c3c(c4cnc(N5CCC(C)C5)nc4c2F)COC3)c1C#N.CC(C)C.CO. The zero-order chi connectivity index (χ0) is 28.9. The lowest BCUT2D eigenvalue weighted by Crippen LogP contribution is -2.21. The molecule has 1 unspecified atom stereocenters. The number of hydrogen-bond acceptors (Lipinski definition) is 8. The number of hydrogen-bond donors (Lipinski definition) is 2. The minimum atomic E-state index is -0.700. The fourth-order valence-corrected chi connectivity index (χ4v) is 5.24. The van der Waals surface area contributed by atoms with Crippen LogP contribution in [-0.2, 0) is 18.0 Å².